The van der Waals surface area contributed by atoms with Gasteiger partial charge in [-0.25, -0.2) is 0 Å². The SMILES string of the molecule is C=C1O[C@@H](O/C=C/C=O)C=C1C. The monoisotopic (exact) mass is 166 g/mol. The first kappa shape index (κ1) is 8.59. The summed E-state index contributed by atoms with van der Waals surface area (Å²) >= 11 is 0. The van der Waals surface area contributed by atoms with Gasteiger partial charge in [0.25, 0.3) is 6.29 Å². The molecule has 1 aliphatic heterocycles. The van der Waals surface area contributed by atoms with Gasteiger partial charge in [0, 0.05) is 12.2 Å². The van der Waals surface area contributed by atoms with Crippen LogP contribution >= 0.6 is 0 Å². The van der Waals surface area contributed by atoms with E-state index in [1.807, 2.05) is 6.92 Å². The van der Waals surface area contributed by atoms with Gasteiger partial charge in [0.15, 0.2) is 0 Å². The Labute approximate surface area is 71.0 Å². The van der Waals surface area contributed by atoms with Crippen LogP contribution in [0.5, 0.6) is 0 Å². The molecule has 3 heteroatoms. The second kappa shape index (κ2) is 3.76. The average Bonchev–Trinajstić information content (AvgIpc) is 2.32. The Bertz CT molecular complexity index is 250. The first-order valence-electron chi connectivity index (χ1n) is 3.54. The van der Waals surface area contributed by atoms with E-state index in [9.17, 15) is 4.79 Å². The molecule has 1 atom stereocenters. The minimum Gasteiger partial charge on any atom is -0.459 e. The number of aldehydes is 1. The van der Waals surface area contributed by atoms with Gasteiger partial charge in [-0.15, -0.1) is 0 Å². The minimum atomic E-state index is -0.436. The highest BCUT2D eigenvalue weighted by molar-refractivity contribution is 5.64. The van der Waals surface area contributed by atoms with Crippen molar-refractivity contribution in [2.75, 3.05) is 0 Å². The van der Waals surface area contributed by atoms with Gasteiger partial charge in [-0.3, -0.25) is 4.79 Å². The predicted octanol–water partition coefficient (Wildman–Crippen LogP) is 1.53. The summed E-state index contributed by atoms with van der Waals surface area (Å²) in [6.07, 6.45) is 4.54. The van der Waals surface area contributed by atoms with Crippen molar-refractivity contribution < 1.29 is 14.3 Å². The van der Waals surface area contributed by atoms with Gasteiger partial charge in [0.2, 0.25) is 0 Å². The quantitative estimate of drug-likeness (QED) is 0.362. The lowest BCUT2D eigenvalue weighted by atomic mass is 10.3. The molecule has 3 nitrogen and oxygen atoms in total. The molecule has 12 heavy (non-hydrogen) atoms. The number of ether oxygens (including phenoxy) is 2. The van der Waals surface area contributed by atoms with Crippen molar-refractivity contribution in [1.82, 2.24) is 0 Å². The third-order valence-electron chi connectivity index (χ3n) is 1.45. The summed E-state index contributed by atoms with van der Waals surface area (Å²) in [5.74, 6) is 0.611. The van der Waals surface area contributed by atoms with E-state index in [-0.39, 0.29) is 0 Å². The maximum atomic E-state index is 9.87. The Morgan fingerprint density at radius 2 is 2.50 bits per heavy atom. The number of hydrogen-bond donors (Lipinski definition) is 0. The molecule has 1 rings (SSSR count). The summed E-state index contributed by atoms with van der Waals surface area (Å²) in [4.78, 5) is 9.87. The van der Waals surface area contributed by atoms with E-state index in [0.717, 1.165) is 5.57 Å². The zero-order valence-corrected chi connectivity index (χ0v) is 6.82. The van der Waals surface area contributed by atoms with Crippen LogP contribution in [0, 0.1) is 0 Å². The van der Waals surface area contributed by atoms with E-state index in [1.54, 1.807) is 6.08 Å². The van der Waals surface area contributed by atoms with Crippen LogP contribution in [-0.4, -0.2) is 12.6 Å². The van der Waals surface area contributed by atoms with E-state index in [2.05, 4.69) is 6.58 Å². The molecule has 0 aliphatic carbocycles. The second-order valence-corrected chi connectivity index (χ2v) is 2.36. The number of allylic oxidation sites excluding steroid dienone is 2. The molecule has 0 saturated carbocycles. The van der Waals surface area contributed by atoms with Crippen molar-refractivity contribution in [3.63, 3.8) is 0 Å². The summed E-state index contributed by atoms with van der Waals surface area (Å²) in [7, 11) is 0. The third-order valence-corrected chi connectivity index (χ3v) is 1.45. The standard InChI is InChI=1S/C9H10O3/c1-7-6-9(12-8(7)2)11-5-3-4-10/h3-6,9H,2H2,1H3/b5-3+/t9-/m1/s1. The van der Waals surface area contributed by atoms with Crippen molar-refractivity contribution >= 4 is 6.29 Å². The summed E-state index contributed by atoms with van der Waals surface area (Å²) in [6, 6.07) is 0. The molecule has 0 spiro atoms. The van der Waals surface area contributed by atoms with E-state index < -0.39 is 6.29 Å². The lowest BCUT2D eigenvalue weighted by molar-refractivity contribution is -0.104. The van der Waals surface area contributed by atoms with E-state index >= 15 is 0 Å². The van der Waals surface area contributed by atoms with E-state index in [4.69, 9.17) is 9.47 Å². The predicted molar refractivity (Wildman–Crippen MR) is 44.1 cm³/mol. The van der Waals surface area contributed by atoms with Crippen molar-refractivity contribution in [2.45, 2.75) is 13.2 Å². The Hall–Kier alpha value is -1.51. The summed E-state index contributed by atoms with van der Waals surface area (Å²) in [5.41, 5.74) is 0.958. The average molecular weight is 166 g/mol. The lowest BCUT2D eigenvalue weighted by Gasteiger charge is -2.07. The zero-order valence-electron chi connectivity index (χ0n) is 6.82. The summed E-state index contributed by atoms with van der Waals surface area (Å²) < 4.78 is 10.2. The molecule has 64 valence electrons. The molecule has 0 aromatic heterocycles. The van der Waals surface area contributed by atoms with Gasteiger partial charge in [0.1, 0.15) is 12.0 Å². The van der Waals surface area contributed by atoms with Crippen LogP contribution in [0.15, 0.2) is 36.3 Å². The Morgan fingerprint density at radius 3 is 3.00 bits per heavy atom. The first-order chi connectivity index (χ1) is 5.74. The summed E-state index contributed by atoms with van der Waals surface area (Å²) in [6.45, 7) is 5.53. The third kappa shape index (κ3) is 1.99. The molecule has 1 aliphatic rings. The summed E-state index contributed by atoms with van der Waals surface area (Å²) in [5, 5.41) is 0. The molecule has 0 fully saturated rings. The van der Waals surface area contributed by atoms with Crippen LogP contribution < -0.4 is 0 Å². The fourth-order valence-electron chi connectivity index (χ4n) is 0.786. The molecule has 0 aromatic carbocycles. The smallest absolute Gasteiger partial charge is 0.260 e. The molecule has 1 heterocycles. The number of carbonyl (C=O) groups excluding carboxylic acids is 1. The van der Waals surface area contributed by atoms with E-state index in [1.165, 1.54) is 12.3 Å². The Kier molecular flexibility index (Phi) is 2.69. The van der Waals surface area contributed by atoms with Crippen molar-refractivity contribution in [3.05, 3.63) is 36.3 Å². The van der Waals surface area contributed by atoms with Crippen molar-refractivity contribution in [1.29, 1.82) is 0 Å². The van der Waals surface area contributed by atoms with Crippen LogP contribution in [0.1, 0.15) is 6.92 Å². The highest BCUT2D eigenvalue weighted by atomic mass is 16.7. The first-order valence-corrected chi connectivity index (χ1v) is 3.54. The van der Waals surface area contributed by atoms with Crippen LogP contribution in [0.2, 0.25) is 0 Å². The minimum absolute atomic E-state index is 0.436. The molecule has 0 saturated heterocycles. The van der Waals surface area contributed by atoms with Crippen LogP contribution in [0.4, 0.5) is 0 Å². The highest BCUT2D eigenvalue weighted by Crippen LogP contribution is 2.21. The van der Waals surface area contributed by atoms with Gasteiger partial charge in [-0.05, 0) is 12.5 Å². The van der Waals surface area contributed by atoms with Crippen molar-refractivity contribution in [2.24, 2.45) is 0 Å². The molecule has 0 radical (unpaired) electrons. The molecule has 0 N–H and O–H groups in total. The van der Waals surface area contributed by atoms with Crippen molar-refractivity contribution in [3.8, 4) is 0 Å². The topological polar surface area (TPSA) is 35.5 Å². The number of rotatable bonds is 3. The Morgan fingerprint density at radius 1 is 1.75 bits per heavy atom. The van der Waals surface area contributed by atoms with Crippen LogP contribution in [-0.2, 0) is 14.3 Å². The maximum absolute atomic E-state index is 9.87. The fourth-order valence-corrected chi connectivity index (χ4v) is 0.786. The molecule has 0 aromatic rings. The molecular formula is C9H10O3. The number of carbonyl (C=O) groups is 1. The van der Waals surface area contributed by atoms with Crippen LogP contribution in [0.25, 0.3) is 0 Å². The van der Waals surface area contributed by atoms with Gasteiger partial charge in [-0.1, -0.05) is 6.58 Å². The molecule has 0 bridgehead atoms. The van der Waals surface area contributed by atoms with Crippen LogP contribution in [0.3, 0.4) is 0 Å². The van der Waals surface area contributed by atoms with Gasteiger partial charge in [-0.2, -0.15) is 0 Å². The second-order valence-electron chi connectivity index (χ2n) is 2.36. The maximum Gasteiger partial charge on any atom is 0.260 e. The Balaban J connectivity index is 2.42. The fraction of sp³-hybridized carbons (Fsp3) is 0.222. The van der Waals surface area contributed by atoms with Gasteiger partial charge >= 0.3 is 0 Å². The zero-order chi connectivity index (χ0) is 8.97. The molecule has 0 amide bonds. The number of hydrogen-bond acceptors (Lipinski definition) is 3. The molecular weight excluding hydrogens is 156 g/mol. The van der Waals surface area contributed by atoms with E-state index in [0.29, 0.717) is 12.0 Å². The van der Waals surface area contributed by atoms with Gasteiger partial charge < -0.3 is 9.47 Å². The molecule has 0 unspecified atom stereocenters. The largest absolute Gasteiger partial charge is 0.459 e. The lowest BCUT2D eigenvalue weighted by Crippen LogP contribution is -2.04. The van der Waals surface area contributed by atoms with Gasteiger partial charge in [0.05, 0.1) is 6.26 Å². The highest BCUT2D eigenvalue weighted by Gasteiger charge is 2.16. The normalized spacial score (nSPS) is 22.2.